The molecule has 0 bridgehead atoms. The van der Waals surface area contributed by atoms with Gasteiger partial charge in [-0.2, -0.15) is 0 Å². The molecule has 2 saturated carbocycles. The molecule has 4 atom stereocenters. The summed E-state index contributed by atoms with van der Waals surface area (Å²) in [6.07, 6.45) is 8.38. The van der Waals surface area contributed by atoms with Crippen LogP contribution in [0.15, 0.2) is 0 Å². The van der Waals surface area contributed by atoms with Crippen LogP contribution in [0.5, 0.6) is 0 Å². The minimum atomic E-state index is 0.351. The third kappa shape index (κ3) is 1.83. The molecule has 16 heavy (non-hydrogen) atoms. The highest BCUT2D eigenvalue weighted by Gasteiger charge is 2.51. The largest absolute Gasteiger partial charge is 0.299 e. The second kappa shape index (κ2) is 4.50. The van der Waals surface area contributed by atoms with Crippen LogP contribution in [0.25, 0.3) is 0 Å². The number of Topliss-reactive ketones (excluding diaryl/α,β-unsaturated/α-hetero) is 1. The third-order valence-electron chi connectivity index (χ3n) is 5.37. The highest BCUT2D eigenvalue weighted by Crippen LogP contribution is 2.56. The van der Waals surface area contributed by atoms with Crippen LogP contribution in [0, 0.1) is 23.2 Å². The quantitative estimate of drug-likeness (QED) is 0.699. The molecule has 0 heterocycles. The first kappa shape index (κ1) is 12.1. The second-order valence-corrected chi connectivity index (χ2v) is 6.33. The van der Waals surface area contributed by atoms with Gasteiger partial charge < -0.3 is 0 Å². The first-order valence-corrected chi connectivity index (χ1v) is 7.12. The van der Waals surface area contributed by atoms with Crippen LogP contribution in [0.1, 0.15) is 65.7 Å². The Balaban J connectivity index is 2.14. The molecule has 0 aromatic rings. The topological polar surface area (TPSA) is 17.1 Å². The number of hydrogen-bond donors (Lipinski definition) is 0. The standard InChI is InChI=1S/C15H26O/c1-4-6-11(2)12-8-9-13-14(16)7-5-10-15(12,13)3/h11-13H,4-10H2,1-3H3/t11-,12?,13?,15?/m1/s1. The normalized spacial score (nSPS) is 40.8. The Morgan fingerprint density at radius 1 is 1.44 bits per heavy atom. The molecule has 0 N–H and O–H groups in total. The Hall–Kier alpha value is -0.330. The SMILES string of the molecule is CCC[C@@H](C)C1CCC2C(=O)CCCC21C. The van der Waals surface area contributed by atoms with Gasteiger partial charge in [0.1, 0.15) is 5.78 Å². The van der Waals surface area contributed by atoms with E-state index in [9.17, 15) is 4.79 Å². The number of carbonyl (C=O) groups excluding carboxylic acids is 1. The summed E-state index contributed by atoms with van der Waals surface area (Å²) < 4.78 is 0. The van der Waals surface area contributed by atoms with E-state index in [4.69, 9.17) is 0 Å². The van der Waals surface area contributed by atoms with Gasteiger partial charge in [0.2, 0.25) is 0 Å². The molecule has 2 aliphatic rings. The predicted octanol–water partition coefficient (Wildman–Crippen LogP) is 4.21. The lowest BCUT2D eigenvalue weighted by Gasteiger charge is -2.42. The van der Waals surface area contributed by atoms with Crippen molar-refractivity contribution in [2.45, 2.75) is 65.7 Å². The van der Waals surface area contributed by atoms with Gasteiger partial charge in [0.05, 0.1) is 0 Å². The number of ketones is 1. The van der Waals surface area contributed by atoms with E-state index in [1.54, 1.807) is 0 Å². The summed E-state index contributed by atoms with van der Waals surface area (Å²) in [4.78, 5) is 12.0. The van der Waals surface area contributed by atoms with Crippen LogP contribution in [0.3, 0.4) is 0 Å². The van der Waals surface area contributed by atoms with E-state index >= 15 is 0 Å². The van der Waals surface area contributed by atoms with E-state index in [2.05, 4.69) is 20.8 Å². The van der Waals surface area contributed by atoms with Gasteiger partial charge in [0.15, 0.2) is 0 Å². The molecule has 0 amide bonds. The van der Waals surface area contributed by atoms with Crippen LogP contribution in [0.4, 0.5) is 0 Å². The maximum Gasteiger partial charge on any atom is 0.136 e. The summed E-state index contributed by atoms with van der Waals surface area (Å²) in [6.45, 7) is 7.08. The molecule has 0 spiro atoms. The van der Waals surface area contributed by atoms with Gasteiger partial charge in [0.25, 0.3) is 0 Å². The number of hydrogen-bond acceptors (Lipinski definition) is 1. The van der Waals surface area contributed by atoms with Gasteiger partial charge in [0, 0.05) is 12.3 Å². The van der Waals surface area contributed by atoms with Gasteiger partial charge in [-0.3, -0.25) is 4.79 Å². The summed E-state index contributed by atoms with van der Waals surface area (Å²) in [5.41, 5.74) is 0.351. The Bertz CT molecular complexity index is 271. The van der Waals surface area contributed by atoms with Crippen LogP contribution in [-0.2, 0) is 4.79 Å². The highest BCUT2D eigenvalue weighted by atomic mass is 16.1. The molecule has 0 saturated heterocycles. The zero-order chi connectivity index (χ0) is 11.8. The summed E-state index contributed by atoms with van der Waals surface area (Å²) in [5, 5.41) is 0. The van der Waals surface area contributed by atoms with E-state index in [1.165, 1.54) is 32.1 Å². The number of fused-ring (bicyclic) bond motifs is 1. The Kier molecular flexibility index (Phi) is 3.42. The Labute approximate surface area is 100.0 Å². The first-order valence-electron chi connectivity index (χ1n) is 7.12. The molecule has 0 aliphatic heterocycles. The molecule has 1 nitrogen and oxygen atoms in total. The van der Waals surface area contributed by atoms with Crippen molar-refractivity contribution in [1.82, 2.24) is 0 Å². The Morgan fingerprint density at radius 2 is 2.19 bits per heavy atom. The molecule has 0 radical (unpaired) electrons. The van der Waals surface area contributed by atoms with Crippen LogP contribution in [-0.4, -0.2) is 5.78 Å². The maximum atomic E-state index is 12.0. The minimum Gasteiger partial charge on any atom is -0.299 e. The molecule has 0 aromatic heterocycles. The molecule has 1 heteroatoms. The summed E-state index contributed by atoms with van der Waals surface area (Å²) in [6, 6.07) is 0. The van der Waals surface area contributed by atoms with E-state index in [-0.39, 0.29) is 0 Å². The lowest BCUT2D eigenvalue weighted by atomic mass is 9.62. The second-order valence-electron chi connectivity index (χ2n) is 6.33. The van der Waals surface area contributed by atoms with Crippen molar-refractivity contribution in [2.24, 2.45) is 23.2 Å². The fourth-order valence-electron chi connectivity index (χ4n) is 4.56. The summed E-state index contributed by atoms with van der Waals surface area (Å²) in [5.74, 6) is 2.60. The predicted molar refractivity (Wildman–Crippen MR) is 67.3 cm³/mol. The molecule has 3 unspecified atom stereocenters. The molecular formula is C15H26O. The lowest BCUT2D eigenvalue weighted by Crippen LogP contribution is -2.39. The smallest absolute Gasteiger partial charge is 0.136 e. The van der Waals surface area contributed by atoms with Gasteiger partial charge in [-0.1, -0.05) is 33.6 Å². The summed E-state index contributed by atoms with van der Waals surface area (Å²) in [7, 11) is 0. The molecule has 2 fully saturated rings. The molecular weight excluding hydrogens is 196 g/mol. The molecule has 92 valence electrons. The van der Waals surface area contributed by atoms with Crippen molar-refractivity contribution in [2.75, 3.05) is 0 Å². The number of rotatable bonds is 3. The van der Waals surface area contributed by atoms with Gasteiger partial charge >= 0.3 is 0 Å². The van der Waals surface area contributed by atoms with E-state index in [0.717, 1.165) is 24.7 Å². The minimum absolute atomic E-state index is 0.351. The average molecular weight is 222 g/mol. The molecule has 2 aliphatic carbocycles. The maximum absolute atomic E-state index is 12.0. The molecule has 2 rings (SSSR count). The van der Waals surface area contributed by atoms with E-state index in [1.807, 2.05) is 0 Å². The van der Waals surface area contributed by atoms with Gasteiger partial charge in [-0.15, -0.1) is 0 Å². The van der Waals surface area contributed by atoms with Crippen molar-refractivity contribution < 1.29 is 4.79 Å². The highest BCUT2D eigenvalue weighted by molar-refractivity contribution is 5.83. The van der Waals surface area contributed by atoms with E-state index < -0.39 is 0 Å². The molecule has 0 aromatic carbocycles. The van der Waals surface area contributed by atoms with Crippen molar-refractivity contribution in [3.05, 3.63) is 0 Å². The number of carbonyl (C=O) groups is 1. The van der Waals surface area contributed by atoms with Crippen LogP contribution >= 0.6 is 0 Å². The van der Waals surface area contributed by atoms with Crippen LogP contribution in [0.2, 0.25) is 0 Å². The zero-order valence-corrected chi connectivity index (χ0v) is 11.1. The summed E-state index contributed by atoms with van der Waals surface area (Å²) >= 11 is 0. The van der Waals surface area contributed by atoms with Crippen LogP contribution < -0.4 is 0 Å². The zero-order valence-electron chi connectivity index (χ0n) is 11.1. The first-order chi connectivity index (χ1) is 7.59. The third-order valence-corrected chi connectivity index (χ3v) is 5.37. The van der Waals surface area contributed by atoms with Crippen molar-refractivity contribution in [3.63, 3.8) is 0 Å². The fraction of sp³-hybridized carbons (Fsp3) is 0.933. The average Bonchev–Trinajstić information content (AvgIpc) is 2.57. The van der Waals surface area contributed by atoms with Gasteiger partial charge in [-0.05, 0) is 42.9 Å². The monoisotopic (exact) mass is 222 g/mol. The lowest BCUT2D eigenvalue weighted by molar-refractivity contribution is -0.130. The fourth-order valence-corrected chi connectivity index (χ4v) is 4.56. The van der Waals surface area contributed by atoms with Crippen molar-refractivity contribution in [3.8, 4) is 0 Å². The Morgan fingerprint density at radius 3 is 2.88 bits per heavy atom. The van der Waals surface area contributed by atoms with E-state index in [0.29, 0.717) is 17.1 Å². The van der Waals surface area contributed by atoms with Crippen molar-refractivity contribution >= 4 is 5.78 Å². The van der Waals surface area contributed by atoms with Crippen molar-refractivity contribution in [1.29, 1.82) is 0 Å². The van der Waals surface area contributed by atoms with Gasteiger partial charge in [-0.25, -0.2) is 0 Å².